The highest BCUT2D eigenvalue weighted by Crippen LogP contribution is 2.40. The molecule has 178 valence electrons. The first kappa shape index (κ1) is 22.2. The summed E-state index contributed by atoms with van der Waals surface area (Å²) in [6, 6.07) is 9.87. The fraction of sp³-hybridized carbons (Fsp3) is 0.522. The zero-order valence-corrected chi connectivity index (χ0v) is 18.3. The number of likely N-dealkylation sites (tertiary alicyclic amines) is 1. The van der Waals surface area contributed by atoms with E-state index in [1.54, 1.807) is 6.20 Å². The number of hydrogen-bond acceptors (Lipinski definition) is 7. The quantitative estimate of drug-likeness (QED) is 0.722. The SMILES string of the molecule is OC(C1CCN(CC(F)(F)F)C1)N1Cc2cccnc2Nc2ccc(N3CCOCC3)cc21. The smallest absolute Gasteiger partial charge is 0.378 e. The van der Waals surface area contributed by atoms with Crippen LogP contribution in [0.25, 0.3) is 0 Å². The number of pyridine rings is 1. The number of benzene rings is 1. The third-order valence-corrected chi connectivity index (χ3v) is 6.60. The maximum Gasteiger partial charge on any atom is 0.401 e. The largest absolute Gasteiger partial charge is 0.401 e. The van der Waals surface area contributed by atoms with Gasteiger partial charge in [-0.2, -0.15) is 13.2 Å². The summed E-state index contributed by atoms with van der Waals surface area (Å²) in [5, 5.41) is 14.8. The highest BCUT2D eigenvalue weighted by Gasteiger charge is 2.39. The van der Waals surface area contributed by atoms with Crippen LogP contribution in [-0.4, -0.2) is 73.3 Å². The molecule has 0 bridgehead atoms. The Balaban J connectivity index is 1.45. The fourth-order valence-corrected chi connectivity index (χ4v) is 4.95. The summed E-state index contributed by atoms with van der Waals surface area (Å²) in [6.45, 7) is 2.89. The summed E-state index contributed by atoms with van der Waals surface area (Å²) < 4.78 is 44.1. The number of halogens is 3. The molecule has 1 aromatic carbocycles. The highest BCUT2D eigenvalue weighted by atomic mass is 19.4. The second-order valence-corrected chi connectivity index (χ2v) is 8.88. The van der Waals surface area contributed by atoms with E-state index in [9.17, 15) is 18.3 Å². The van der Waals surface area contributed by atoms with Gasteiger partial charge in [0.25, 0.3) is 0 Å². The monoisotopic (exact) mass is 463 g/mol. The van der Waals surface area contributed by atoms with Crippen LogP contribution in [-0.2, 0) is 11.3 Å². The number of aliphatic hydroxyl groups is 1. The van der Waals surface area contributed by atoms with Crippen molar-refractivity contribution in [2.24, 2.45) is 5.92 Å². The van der Waals surface area contributed by atoms with Gasteiger partial charge in [-0.15, -0.1) is 0 Å². The molecule has 1 aromatic heterocycles. The van der Waals surface area contributed by atoms with Gasteiger partial charge in [-0.3, -0.25) is 4.90 Å². The van der Waals surface area contributed by atoms with Crippen LogP contribution >= 0.6 is 0 Å². The minimum Gasteiger partial charge on any atom is -0.378 e. The molecule has 0 spiro atoms. The molecule has 2 aromatic rings. The van der Waals surface area contributed by atoms with Crippen LogP contribution in [0.4, 0.5) is 36.1 Å². The number of hydrogen-bond donors (Lipinski definition) is 2. The van der Waals surface area contributed by atoms with Gasteiger partial charge in [0.1, 0.15) is 12.0 Å². The Morgan fingerprint density at radius 3 is 2.79 bits per heavy atom. The van der Waals surface area contributed by atoms with Gasteiger partial charge in [-0.1, -0.05) is 6.07 Å². The molecule has 0 saturated carbocycles. The van der Waals surface area contributed by atoms with E-state index in [1.165, 1.54) is 4.90 Å². The first-order valence-corrected chi connectivity index (χ1v) is 11.3. The van der Waals surface area contributed by atoms with Gasteiger partial charge in [-0.05, 0) is 37.2 Å². The van der Waals surface area contributed by atoms with Crippen LogP contribution < -0.4 is 15.1 Å². The van der Waals surface area contributed by atoms with E-state index in [4.69, 9.17) is 4.74 Å². The molecule has 7 nitrogen and oxygen atoms in total. The first-order chi connectivity index (χ1) is 15.9. The van der Waals surface area contributed by atoms with E-state index in [-0.39, 0.29) is 12.5 Å². The molecule has 5 rings (SSSR count). The van der Waals surface area contributed by atoms with Gasteiger partial charge in [0.05, 0.1) is 31.1 Å². The number of rotatable bonds is 4. The normalized spacial score (nSPS) is 22.4. The van der Waals surface area contributed by atoms with Crippen LogP contribution in [0.1, 0.15) is 12.0 Å². The highest BCUT2D eigenvalue weighted by molar-refractivity contribution is 5.81. The Hall–Kier alpha value is -2.56. The summed E-state index contributed by atoms with van der Waals surface area (Å²) >= 11 is 0. The van der Waals surface area contributed by atoms with Gasteiger partial charge in [0.2, 0.25) is 0 Å². The van der Waals surface area contributed by atoms with Crippen LogP contribution in [0.2, 0.25) is 0 Å². The Labute approximate surface area is 190 Å². The second-order valence-electron chi connectivity index (χ2n) is 8.88. The fourth-order valence-electron chi connectivity index (χ4n) is 4.95. The third kappa shape index (κ3) is 4.87. The summed E-state index contributed by atoms with van der Waals surface area (Å²) in [7, 11) is 0. The molecular weight excluding hydrogens is 435 g/mol. The van der Waals surface area contributed by atoms with Crippen molar-refractivity contribution in [2.75, 3.05) is 61.1 Å². The first-order valence-electron chi connectivity index (χ1n) is 11.3. The molecule has 2 N–H and O–H groups in total. The minimum absolute atomic E-state index is 0.211. The number of aliphatic hydroxyl groups excluding tert-OH is 1. The Morgan fingerprint density at radius 1 is 1.18 bits per heavy atom. The number of anilines is 4. The van der Waals surface area contributed by atoms with E-state index < -0.39 is 18.9 Å². The number of fused-ring (bicyclic) bond motifs is 2. The molecule has 0 amide bonds. The number of morpholine rings is 1. The lowest BCUT2D eigenvalue weighted by atomic mass is 10.0. The predicted molar refractivity (Wildman–Crippen MR) is 120 cm³/mol. The Kier molecular flexibility index (Phi) is 6.07. The molecule has 2 saturated heterocycles. The minimum atomic E-state index is -4.24. The molecule has 2 atom stereocenters. The van der Waals surface area contributed by atoms with Crippen molar-refractivity contribution in [2.45, 2.75) is 25.4 Å². The van der Waals surface area contributed by atoms with E-state index >= 15 is 0 Å². The molecule has 0 aliphatic carbocycles. The Morgan fingerprint density at radius 2 is 2.00 bits per heavy atom. The van der Waals surface area contributed by atoms with Crippen LogP contribution in [0.5, 0.6) is 0 Å². The summed E-state index contributed by atoms with van der Waals surface area (Å²) in [5.74, 6) is 0.433. The number of nitrogens with one attached hydrogen (secondary N) is 1. The van der Waals surface area contributed by atoms with Crippen molar-refractivity contribution in [1.29, 1.82) is 0 Å². The average molecular weight is 464 g/mol. The number of alkyl halides is 3. The molecule has 4 heterocycles. The molecule has 33 heavy (non-hydrogen) atoms. The molecule has 3 aliphatic rings. The van der Waals surface area contributed by atoms with Crippen molar-refractivity contribution in [3.63, 3.8) is 0 Å². The third-order valence-electron chi connectivity index (χ3n) is 6.60. The second kappa shape index (κ2) is 9.00. The van der Waals surface area contributed by atoms with Gasteiger partial charge >= 0.3 is 6.18 Å². The lowest BCUT2D eigenvalue weighted by Crippen LogP contribution is -2.42. The summed E-state index contributed by atoms with van der Waals surface area (Å²) in [6.07, 6.45) is -2.93. The van der Waals surface area contributed by atoms with Gasteiger partial charge in [0.15, 0.2) is 0 Å². The standard InChI is InChI=1S/C23H28F3N5O2/c24-23(25,26)15-29-7-5-17(13-29)22(32)31-14-16-2-1-6-27-21(16)28-19-4-3-18(12-20(19)31)30-8-10-33-11-9-30/h1-4,6,12,17,22,32H,5,7-11,13-15H2,(H,27,28). The van der Waals surface area contributed by atoms with E-state index in [0.29, 0.717) is 32.7 Å². The lowest BCUT2D eigenvalue weighted by molar-refractivity contribution is -0.144. The van der Waals surface area contributed by atoms with Gasteiger partial charge < -0.3 is 25.0 Å². The van der Waals surface area contributed by atoms with Crippen LogP contribution in [0.3, 0.4) is 0 Å². The average Bonchev–Trinajstić information content (AvgIpc) is 3.18. The van der Waals surface area contributed by atoms with Gasteiger partial charge in [0, 0.05) is 49.5 Å². The van der Waals surface area contributed by atoms with Crippen LogP contribution in [0.15, 0.2) is 36.5 Å². The zero-order chi connectivity index (χ0) is 23.0. The predicted octanol–water partition coefficient (Wildman–Crippen LogP) is 3.18. The van der Waals surface area contributed by atoms with Crippen LogP contribution in [0, 0.1) is 5.92 Å². The number of ether oxygens (including phenoxy) is 1. The summed E-state index contributed by atoms with van der Waals surface area (Å²) in [4.78, 5) is 9.98. The zero-order valence-electron chi connectivity index (χ0n) is 18.3. The maximum absolute atomic E-state index is 12.9. The number of nitrogens with zero attached hydrogens (tertiary/aromatic N) is 4. The molecule has 2 fully saturated rings. The van der Waals surface area contributed by atoms with E-state index in [2.05, 4.69) is 15.2 Å². The topological polar surface area (TPSA) is 64.1 Å². The Bertz CT molecular complexity index is 983. The lowest BCUT2D eigenvalue weighted by Gasteiger charge is -2.35. The van der Waals surface area contributed by atoms with E-state index in [1.807, 2.05) is 35.2 Å². The van der Waals surface area contributed by atoms with Crippen molar-refractivity contribution in [3.05, 3.63) is 42.1 Å². The molecular formula is C23H28F3N5O2. The van der Waals surface area contributed by atoms with Crippen molar-refractivity contribution >= 4 is 22.9 Å². The summed E-state index contributed by atoms with van der Waals surface area (Å²) in [5.41, 5.74) is 3.58. The van der Waals surface area contributed by atoms with E-state index in [0.717, 1.165) is 41.5 Å². The van der Waals surface area contributed by atoms with Gasteiger partial charge in [-0.25, -0.2) is 4.98 Å². The molecule has 10 heteroatoms. The molecule has 0 radical (unpaired) electrons. The number of aromatic nitrogens is 1. The van der Waals surface area contributed by atoms with Crippen molar-refractivity contribution in [1.82, 2.24) is 9.88 Å². The van der Waals surface area contributed by atoms with Crippen molar-refractivity contribution < 1.29 is 23.0 Å². The van der Waals surface area contributed by atoms with Crippen molar-refractivity contribution in [3.8, 4) is 0 Å². The molecule has 2 unspecified atom stereocenters. The maximum atomic E-state index is 12.9. The molecule has 3 aliphatic heterocycles.